The molecule has 2 aromatic carbocycles. The van der Waals surface area contributed by atoms with Crippen molar-refractivity contribution in [1.82, 2.24) is 9.78 Å². The molecule has 0 saturated carbocycles. The molecular weight excluding hydrogens is 339 g/mol. The summed E-state index contributed by atoms with van der Waals surface area (Å²) in [5.74, 6) is -1.88. The lowest BCUT2D eigenvalue weighted by molar-refractivity contribution is -0.143. The van der Waals surface area contributed by atoms with Gasteiger partial charge in [0.05, 0.1) is 31.6 Å². The highest BCUT2D eigenvalue weighted by molar-refractivity contribution is 6.17. The Labute approximate surface area is 148 Å². The van der Waals surface area contributed by atoms with Crippen LogP contribution in [0, 0.1) is 5.82 Å². The number of carbonyl (C=O) groups is 2. The van der Waals surface area contributed by atoms with Gasteiger partial charge in [0.25, 0.3) is 0 Å². The molecule has 0 unspecified atom stereocenters. The molecule has 0 radical (unpaired) electrons. The number of ether oxygens (including phenoxy) is 2. The minimum Gasteiger partial charge on any atom is -0.465 e. The van der Waals surface area contributed by atoms with Crippen LogP contribution >= 0.6 is 0 Å². The van der Waals surface area contributed by atoms with Gasteiger partial charge in [-0.2, -0.15) is 5.10 Å². The average Bonchev–Trinajstić information content (AvgIpc) is 3.08. The molecule has 0 aliphatic rings. The van der Waals surface area contributed by atoms with Crippen LogP contribution in [0.3, 0.4) is 0 Å². The number of esters is 2. The maximum absolute atomic E-state index is 13.1. The fourth-order valence-electron chi connectivity index (χ4n) is 2.52. The molecule has 26 heavy (non-hydrogen) atoms. The lowest BCUT2D eigenvalue weighted by Crippen LogP contribution is -2.15. The van der Waals surface area contributed by atoms with Gasteiger partial charge in [-0.3, -0.25) is 0 Å². The predicted octanol–water partition coefficient (Wildman–Crippen LogP) is 2.89. The van der Waals surface area contributed by atoms with Crippen molar-refractivity contribution in [3.63, 3.8) is 0 Å². The summed E-state index contributed by atoms with van der Waals surface area (Å²) in [4.78, 5) is 23.5. The van der Waals surface area contributed by atoms with Crippen molar-refractivity contribution in [2.75, 3.05) is 14.2 Å². The molecule has 132 valence electrons. The molecule has 0 amide bonds. The minimum absolute atomic E-state index is 0.208. The first kappa shape index (κ1) is 17.3. The zero-order valence-electron chi connectivity index (χ0n) is 14.1. The number of hydrogen-bond acceptors (Lipinski definition) is 5. The normalized spacial score (nSPS) is 10.4. The van der Waals surface area contributed by atoms with Gasteiger partial charge >= 0.3 is 11.9 Å². The molecule has 0 fully saturated rings. The summed E-state index contributed by atoms with van der Waals surface area (Å²) >= 11 is 0. The fraction of sp³-hybridized carbons (Fsp3) is 0.105. The van der Waals surface area contributed by atoms with Crippen LogP contribution in [0.15, 0.2) is 54.2 Å². The summed E-state index contributed by atoms with van der Waals surface area (Å²) in [6.45, 7) is 0. The number of methoxy groups -OCH3 is 2. The Hall–Kier alpha value is -3.48. The first-order valence-corrected chi connectivity index (χ1v) is 7.65. The van der Waals surface area contributed by atoms with Crippen LogP contribution in [-0.2, 0) is 19.1 Å². The molecule has 6 nitrogen and oxygen atoms in total. The Bertz CT molecular complexity index is 988. The number of carbonyl (C=O) groups excluding carboxylic acids is 2. The molecule has 7 heteroatoms. The van der Waals surface area contributed by atoms with Crippen LogP contribution in [0.25, 0.3) is 22.7 Å². The van der Waals surface area contributed by atoms with Crippen LogP contribution in [0.5, 0.6) is 0 Å². The molecule has 0 spiro atoms. The molecule has 0 atom stereocenters. The SMILES string of the molecule is COC(=O)C(=Cc1ccc2c(cnn2-c2ccc(F)cc2)c1)C(=O)OC. The number of fused-ring (bicyclic) bond motifs is 1. The number of halogens is 1. The smallest absolute Gasteiger partial charge is 0.345 e. The summed E-state index contributed by atoms with van der Waals surface area (Å²) in [6, 6.07) is 11.3. The molecule has 0 aliphatic carbocycles. The largest absolute Gasteiger partial charge is 0.465 e. The maximum atomic E-state index is 13.1. The molecular formula is C19H15FN2O4. The summed E-state index contributed by atoms with van der Waals surface area (Å²) in [6.07, 6.45) is 3.04. The van der Waals surface area contributed by atoms with E-state index in [2.05, 4.69) is 14.6 Å². The van der Waals surface area contributed by atoms with Crippen LogP contribution in [0.2, 0.25) is 0 Å². The third-order valence-corrected chi connectivity index (χ3v) is 3.78. The van der Waals surface area contributed by atoms with E-state index in [1.807, 2.05) is 0 Å². The van der Waals surface area contributed by atoms with Crippen molar-refractivity contribution in [2.24, 2.45) is 0 Å². The van der Waals surface area contributed by atoms with E-state index in [0.717, 1.165) is 16.6 Å². The number of rotatable bonds is 4. The zero-order chi connectivity index (χ0) is 18.7. The summed E-state index contributed by atoms with van der Waals surface area (Å²) < 4.78 is 24.0. The van der Waals surface area contributed by atoms with E-state index in [1.54, 1.807) is 41.2 Å². The second kappa shape index (κ2) is 7.18. The van der Waals surface area contributed by atoms with Crippen LogP contribution < -0.4 is 0 Å². The van der Waals surface area contributed by atoms with Gasteiger partial charge in [0, 0.05) is 5.39 Å². The molecule has 1 heterocycles. The van der Waals surface area contributed by atoms with E-state index in [0.29, 0.717) is 5.56 Å². The van der Waals surface area contributed by atoms with Gasteiger partial charge in [-0.1, -0.05) is 6.07 Å². The summed E-state index contributed by atoms with van der Waals surface area (Å²) in [5.41, 5.74) is 1.92. The van der Waals surface area contributed by atoms with Crippen molar-refractivity contribution >= 4 is 28.9 Å². The van der Waals surface area contributed by atoms with E-state index in [1.165, 1.54) is 32.4 Å². The average molecular weight is 354 g/mol. The van der Waals surface area contributed by atoms with E-state index < -0.39 is 11.9 Å². The molecule has 3 aromatic rings. The van der Waals surface area contributed by atoms with Crippen molar-refractivity contribution < 1.29 is 23.5 Å². The molecule has 0 saturated heterocycles. The number of nitrogens with zero attached hydrogens (tertiary/aromatic N) is 2. The Morgan fingerprint density at radius 2 is 1.69 bits per heavy atom. The van der Waals surface area contributed by atoms with Crippen LogP contribution in [0.1, 0.15) is 5.56 Å². The first-order chi connectivity index (χ1) is 12.5. The molecule has 0 aliphatic heterocycles. The monoisotopic (exact) mass is 354 g/mol. The molecule has 1 aromatic heterocycles. The van der Waals surface area contributed by atoms with E-state index in [4.69, 9.17) is 0 Å². The maximum Gasteiger partial charge on any atom is 0.345 e. The third-order valence-electron chi connectivity index (χ3n) is 3.78. The lowest BCUT2D eigenvalue weighted by atomic mass is 10.1. The lowest BCUT2D eigenvalue weighted by Gasteiger charge is -2.05. The molecule has 0 bridgehead atoms. The Morgan fingerprint density at radius 1 is 1.04 bits per heavy atom. The topological polar surface area (TPSA) is 70.4 Å². The van der Waals surface area contributed by atoms with Gasteiger partial charge < -0.3 is 9.47 Å². The van der Waals surface area contributed by atoms with Gasteiger partial charge in [0.15, 0.2) is 0 Å². The van der Waals surface area contributed by atoms with Crippen molar-refractivity contribution in [3.8, 4) is 5.69 Å². The standard InChI is InChI=1S/C19H15FN2O4/c1-25-18(23)16(19(24)26-2)10-12-3-8-17-13(9-12)11-21-22(17)15-6-4-14(20)5-7-15/h3-11H,1-2H3. The van der Waals surface area contributed by atoms with E-state index in [9.17, 15) is 14.0 Å². The quantitative estimate of drug-likeness (QED) is 0.312. The van der Waals surface area contributed by atoms with Gasteiger partial charge in [-0.05, 0) is 48.0 Å². The highest BCUT2D eigenvalue weighted by Gasteiger charge is 2.19. The van der Waals surface area contributed by atoms with Gasteiger partial charge in [-0.25, -0.2) is 18.7 Å². The predicted molar refractivity (Wildman–Crippen MR) is 93.0 cm³/mol. The minimum atomic E-state index is -0.779. The Balaban J connectivity index is 2.02. The zero-order valence-corrected chi connectivity index (χ0v) is 14.1. The van der Waals surface area contributed by atoms with Gasteiger partial charge in [0.2, 0.25) is 0 Å². The van der Waals surface area contributed by atoms with Crippen molar-refractivity contribution in [1.29, 1.82) is 0 Å². The van der Waals surface area contributed by atoms with Crippen LogP contribution in [0.4, 0.5) is 4.39 Å². The van der Waals surface area contributed by atoms with E-state index >= 15 is 0 Å². The summed E-state index contributed by atoms with van der Waals surface area (Å²) in [5, 5.41) is 5.10. The van der Waals surface area contributed by atoms with Crippen molar-refractivity contribution in [3.05, 3.63) is 65.6 Å². The van der Waals surface area contributed by atoms with Crippen LogP contribution in [-0.4, -0.2) is 35.9 Å². The third kappa shape index (κ3) is 3.32. The second-order valence-electron chi connectivity index (χ2n) is 5.39. The summed E-state index contributed by atoms with van der Waals surface area (Å²) in [7, 11) is 2.38. The highest BCUT2D eigenvalue weighted by Crippen LogP contribution is 2.21. The number of benzene rings is 2. The first-order valence-electron chi connectivity index (χ1n) is 7.65. The highest BCUT2D eigenvalue weighted by atomic mass is 19.1. The van der Waals surface area contributed by atoms with Gasteiger partial charge in [0.1, 0.15) is 11.4 Å². The van der Waals surface area contributed by atoms with E-state index in [-0.39, 0.29) is 11.4 Å². The number of hydrogen-bond donors (Lipinski definition) is 0. The molecule has 3 rings (SSSR count). The Kier molecular flexibility index (Phi) is 4.79. The Morgan fingerprint density at radius 3 is 2.31 bits per heavy atom. The van der Waals surface area contributed by atoms with Gasteiger partial charge in [-0.15, -0.1) is 0 Å². The second-order valence-corrected chi connectivity index (χ2v) is 5.39. The molecule has 0 N–H and O–H groups in total. The fourth-order valence-corrected chi connectivity index (χ4v) is 2.52. The number of aromatic nitrogens is 2. The van der Waals surface area contributed by atoms with Crippen molar-refractivity contribution in [2.45, 2.75) is 0 Å².